The summed E-state index contributed by atoms with van der Waals surface area (Å²) < 4.78 is 22.1. The van der Waals surface area contributed by atoms with Gasteiger partial charge >= 0.3 is 24.4 Å². The fraction of sp³-hybridized carbons (Fsp3) is 0.209. The van der Waals surface area contributed by atoms with Gasteiger partial charge in [0, 0.05) is 0 Å². The highest BCUT2D eigenvalue weighted by molar-refractivity contribution is 5.75. The Morgan fingerprint density at radius 3 is 1.09 bits per heavy atom. The van der Waals surface area contributed by atoms with Crippen LogP contribution in [0, 0.1) is 0 Å². The molecule has 2 atom stereocenters. The minimum Gasteiger partial charge on any atom is -0.443 e. The van der Waals surface area contributed by atoms with Gasteiger partial charge in [0.2, 0.25) is 0 Å². The lowest BCUT2D eigenvalue weighted by atomic mass is 9.99. The number of nitrogens with one attached hydrogen (secondary N) is 2. The number of hydrazine groups is 2. The van der Waals surface area contributed by atoms with Crippen molar-refractivity contribution in [3.63, 3.8) is 0 Å². The van der Waals surface area contributed by atoms with E-state index in [1.165, 1.54) is 0 Å². The lowest BCUT2D eigenvalue weighted by Crippen LogP contribution is -2.58. The number of amides is 4. The van der Waals surface area contributed by atoms with Crippen molar-refractivity contribution in [1.29, 1.82) is 0 Å². The average molecular weight is 761 g/mol. The highest BCUT2D eigenvalue weighted by Crippen LogP contribution is 2.19. The summed E-state index contributed by atoms with van der Waals surface area (Å²) in [6, 6.07) is 42.8. The number of carbonyl (C=O) groups excluding carboxylic acids is 4. The molecule has 0 saturated heterocycles. The van der Waals surface area contributed by atoms with Crippen LogP contribution in [0.2, 0.25) is 0 Å². The molecule has 13 heteroatoms. The van der Waals surface area contributed by atoms with Crippen LogP contribution >= 0.6 is 0 Å². The molecule has 56 heavy (non-hydrogen) atoms. The third-order valence-electron chi connectivity index (χ3n) is 8.45. The normalized spacial score (nSPS) is 11.6. The van der Waals surface area contributed by atoms with Crippen LogP contribution in [-0.4, -0.2) is 58.2 Å². The monoisotopic (exact) mass is 760 g/mol. The quantitative estimate of drug-likeness (QED) is 0.0736. The highest BCUT2D eigenvalue weighted by atomic mass is 16.6. The Hall–Kier alpha value is -6.86. The standard InChI is InChI=1S/C43H44N4O9/c48-28-39(47(43(52)56-32-37-24-14-5-15-25-37)45-41(50)54-30-35-20-10-3-11-21-35)27-38(26-33-16-6-1-7-17-33)46(42(51)55-31-36-22-12-4-13-23-36)44-40(49)53-29-34-18-8-2-9-19-34/h1-25,38-39,48H,26-32H2,(H,44,49)(H,45,50)/t38-,39-/m1/s1. The Morgan fingerprint density at radius 1 is 0.446 bits per heavy atom. The maximum absolute atomic E-state index is 14.0. The van der Waals surface area contributed by atoms with Crippen LogP contribution in [0.15, 0.2) is 152 Å². The number of nitrogens with zero attached hydrogens (tertiary/aromatic N) is 2. The molecule has 3 N–H and O–H groups in total. The van der Waals surface area contributed by atoms with Crippen molar-refractivity contribution < 1.29 is 43.2 Å². The van der Waals surface area contributed by atoms with E-state index in [4.69, 9.17) is 18.9 Å². The van der Waals surface area contributed by atoms with Crippen molar-refractivity contribution in [2.24, 2.45) is 0 Å². The van der Waals surface area contributed by atoms with Crippen LogP contribution in [0.1, 0.15) is 34.2 Å². The number of ether oxygens (including phenoxy) is 4. The minimum atomic E-state index is -1.22. The average Bonchev–Trinajstić information content (AvgIpc) is 3.25. The smallest absolute Gasteiger partial charge is 0.429 e. The summed E-state index contributed by atoms with van der Waals surface area (Å²) in [5.41, 5.74) is 8.52. The predicted molar refractivity (Wildman–Crippen MR) is 206 cm³/mol. The maximum atomic E-state index is 14.0. The molecule has 0 heterocycles. The first kappa shape index (κ1) is 40.3. The Morgan fingerprint density at radius 2 is 0.750 bits per heavy atom. The second-order valence-electron chi connectivity index (χ2n) is 12.6. The first-order valence-electron chi connectivity index (χ1n) is 18.0. The number of benzene rings is 5. The number of hydrogen-bond acceptors (Lipinski definition) is 9. The lowest BCUT2D eigenvalue weighted by Gasteiger charge is -2.36. The summed E-state index contributed by atoms with van der Waals surface area (Å²) in [4.78, 5) is 54.2. The van der Waals surface area contributed by atoms with Crippen molar-refractivity contribution in [1.82, 2.24) is 20.9 Å². The molecular formula is C43H44N4O9. The number of aliphatic hydroxyl groups excluding tert-OH is 1. The SMILES string of the molecule is O=C(NN(C(=O)OCc1ccccc1)[C@H](Cc1ccccc1)C[C@H](CO)N(NC(=O)OCc1ccccc1)C(=O)OCc1ccccc1)OCc1ccccc1. The van der Waals surface area contributed by atoms with Crippen LogP contribution in [0.25, 0.3) is 0 Å². The van der Waals surface area contributed by atoms with E-state index in [1.54, 1.807) is 97.1 Å². The van der Waals surface area contributed by atoms with E-state index in [9.17, 15) is 24.3 Å². The molecule has 0 unspecified atom stereocenters. The van der Waals surface area contributed by atoms with Crippen LogP contribution < -0.4 is 10.9 Å². The number of hydrogen-bond donors (Lipinski definition) is 3. The van der Waals surface area contributed by atoms with Gasteiger partial charge in [0.15, 0.2) is 0 Å². The molecule has 0 radical (unpaired) electrons. The minimum absolute atomic E-state index is 0.0851. The Kier molecular flexibility index (Phi) is 15.7. The van der Waals surface area contributed by atoms with Crippen LogP contribution in [0.3, 0.4) is 0 Å². The van der Waals surface area contributed by atoms with E-state index in [2.05, 4.69) is 10.9 Å². The van der Waals surface area contributed by atoms with Gasteiger partial charge in [-0.3, -0.25) is 0 Å². The van der Waals surface area contributed by atoms with Gasteiger partial charge in [0.1, 0.15) is 26.4 Å². The van der Waals surface area contributed by atoms with E-state index in [1.807, 2.05) is 54.6 Å². The predicted octanol–water partition coefficient (Wildman–Crippen LogP) is 7.31. The zero-order valence-electron chi connectivity index (χ0n) is 30.6. The maximum Gasteiger partial charge on any atom is 0.429 e. The Bertz CT molecular complexity index is 1940. The van der Waals surface area contributed by atoms with Gasteiger partial charge in [0.25, 0.3) is 0 Å². The Balaban J connectivity index is 1.42. The van der Waals surface area contributed by atoms with Gasteiger partial charge in [0.05, 0.1) is 18.7 Å². The summed E-state index contributed by atoms with van der Waals surface area (Å²) >= 11 is 0. The van der Waals surface area contributed by atoms with Gasteiger partial charge in [-0.15, -0.1) is 0 Å². The summed E-state index contributed by atoms with van der Waals surface area (Å²) in [7, 11) is 0. The topological polar surface area (TPSA) is 156 Å². The summed E-state index contributed by atoms with van der Waals surface area (Å²) in [6.07, 6.45) is -3.98. The molecule has 0 bridgehead atoms. The van der Waals surface area contributed by atoms with E-state index in [-0.39, 0.29) is 39.3 Å². The summed E-state index contributed by atoms with van der Waals surface area (Å²) in [5.74, 6) is 0. The molecular weight excluding hydrogens is 716 g/mol. The van der Waals surface area contributed by atoms with E-state index >= 15 is 0 Å². The lowest BCUT2D eigenvalue weighted by molar-refractivity contribution is 0.0103. The molecule has 0 aliphatic heterocycles. The number of carbonyl (C=O) groups is 4. The van der Waals surface area contributed by atoms with Gasteiger partial charge in [-0.2, -0.15) is 0 Å². The van der Waals surface area contributed by atoms with Crippen molar-refractivity contribution in [3.05, 3.63) is 179 Å². The Labute approximate surface area is 325 Å². The molecule has 5 aromatic rings. The summed E-state index contributed by atoms with van der Waals surface area (Å²) in [5, 5.41) is 12.7. The van der Waals surface area contributed by atoms with Gasteiger partial charge in [-0.25, -0.2) is 40.0 Å². The third kappa shape index (κ3) is 13.2. The van der Waals surface area contributed by atoms with Crippen LogP contribution in [0.4, 0.5) is 19.2 Å². The van der Waals surface area contributed by atoms with Crippen molar-refractivity contribution in [2.45, 2.75) is 51.4 Å². The van der Waals surface area contributed by atoms with Crippen LogP contribution in [-0.2, 0) is 51.8 Å². The molecule has 5 rings (SSSR count). The molecule has 0 aromatic heterocycles. The zero-order chi connectivity index (χ0) is 39.4. The van der Waals surface area contributed by atoms with Gasteiger partial charge in [-0.1, -0.05) is 152 Å². The van der Waals surface area contributed by atoms with Gasteiger partial charge in [-0.05, 0) is 40.7 Å². The number of rotatable bonds is 15. The zero-order valence-corrected chi connectivity index (χ0v) is 30.6. The van der Waals surface area contributed by atoms with E-state index in [0.717, 1.165) is 21.1 Å². The fourth-order valence-electron chi connectivity index (χ4n) is 5.60. The number of aliphatic hydroxyl groups is 1. The molecule has 0 aliphatic rings. The fourth-order valence-corrected chi connectivity index (χ4v) is 5.60. The van der Waals surface area contributed by atoms with Crippen molar-refractivity contribution in [3.8, 4) is 0 Å². The first-order valence-corrected chi connectivity index (χ1v) is 18.0. The van der Waals surface area contributed by atoms with Gasteiger partial charge < -0.3 is 24.1 Å². The first-order chi connectivity index (χ1) is 27.4. The largest absolute Gasteiger partial charge is 0.443 e. The molecule has 0 spiro atoms. The third-order valence-corrected chi connectivity index (χ3v) is 8.45. The second-order valence-corrected chi connectivity index (χ2v) is 12.6. The molecule has 290 valence electrons. The van der Waals surface area contributed by atoms with E-state index in [0.29, 0.717) is 16.7 Å². The molecule has 13 nitrogen and oxygen atoms in total. The molecule has 5 aromatic carbocycles. The van der Waals surface area contributed by atoms with Crippen molar-refractivity contribution >= 4 is 24.4 Å². The summed E-state index contributed by atoms with van der Waals surface area (Å²) in [6.45, 7) is -1.15. The van der Waals surface area contributed by atoms with E-state index < -0.39 is 43.1 Å². The molecule has 0 saturated carbocycles. The highest BCUT2D eigenvalue weighted by Gasteiger charge is 2.35. The molecule has 4 amide bonds. The molecule has 0 aliphatic carbocycles. The molecule has 0 fully saturated rings. The second kappa shape index (κ2) is 21.7. The van der Waals surface area contributed by atoms with Crippen LogP contribution in [0.5, 0.6) is 0 Å². The van der Waals surface area contributed by atoms with Crippen molar-refractivity contribution in [2.75, 3.05) is 6.61 Å².